The summed E-state index contributed by atoms with van der Waals surface area (Å²) >= 11 is 0. The fourth-order valence-electron chi connectivity index (χ4n) is 2.95. The summed E-state index contributed by atoms with van der Waals surface area (Å²) in [6.45, 7) is 3.59. The average Bonchev–Trinajstić information content (AvgIpc) is 2.97. The molecule has 0 aromatic heterocycles. The molecule has 2 aromatic carbocycles. The highest BCUT2D eigenvalue weighted by Crippen LogP contribution is 2.29. The van der Waals surface area contributed by atoms with Gasteiger partial charge in [-0.1, -0.05) is 18.2 Å². The van der Waals surface area contributed by atoms with Crippen molar-refractivity contribution in [2.45, 2.75) is 19.4 Å². The van der Waals surface area contributed by atoms with Gasteiger partial charge in [0.05, 0.1) is 16.7 Å². The number of hydrogen-bond acceptors (Lipinski definition) is 4. The van der Waals surface area contributed by atoms with E-state index >= 15 is 0 Å². The van der Waals surface area contributed by atoms with Crippen molar-refractivity contribution in [2.75, 3.05) is 23.3 Å². The van der Waals surface area contributed by atoms with Crippen LogP contribution in [0, 0.1) is 15.9 Å². The summed E-state index contributed by atoms with van der Waals surface area (Å²) < 4.78 is 13.9. The molecule has 0 spiro atoms. The van der Waals surface area contributed by atoms with Crippen molar-refractivity contribution in [1.82, 2.24) is 0 Å². The number of rotatable bonds is 5. The quantitative estimate of drug-likeness (QED) is 0.676. The smallest absolute Gasteiger partial charge is 0.272 e. The summed E-state index contributed by atoms with van der Waals surface area (Å²) in [6, 6.07) is 12.1. The van der Waals surface area contributed by atoms with Crippen molar-refractivity contribution in [3.63, 3.8) is 0 Å². The largest absolute Gasteiger partial charge is 0.381 e. The first kappa shape index (κ1) is 15.3. The highest BCUT2D eigenvalue weighted by atomic mass is 19.1. The number of benzene rings is 2. The molecule has 3 rings (SSSR count). The molecule has 5 nitrogen and oxygen atoms in total. The molecule has 0 saturated heterocycles. The van der Waals surface area contributed by atoms with Crippen LogP contribution in [0.2, 0.25) is 0 Å². The molecule has 1 heterocycles. The number of fused-ring (bicyclic) bond motifs is 1. The van der Waals surface area contributed by atoms with E-state index in [0.29, 0.717) is 6.54 Å². The highest BCUT2D eigenvalue weighted by molar-refractivity contribution is 5.59. The summed E-state index contributed by atoms with van der Waals surface area (Å²) in [5.41, 5.74) is 2.61. The van der Waals surface area contributed by atoms with Crippen LogP contribution in [0.15, 0.2) is 42.5 Å². The van der Waals surface area contributed by atoms with Crippen molar-refractivity contribution in [3.8, 4) is 0 Å². The lowest BCUT2D eigenvalue weighted by molar-refractivity contribution is -0.385. The second kappa shape index (κ2) is 6.24. The van der Waals surface area contributed by atoms with E-state index in [4.69, 9.17) is 0 Å². The SMILES string of the molecule is CC(CNc1ccc([N+](=O)[O-])cc1F)N1CCc2ccccc21. The van der Waals surface area contributed by atoms with Crippen LogP contribution < -0.4 is 10.2 Å². The molecule has 1 aliphatic rings. The number of nitrogens with one attached hydrogen (secondary N) is 1. The van der Waals surface area contributed by atoms with Gasteiger partial charge >= 0.3 is 0 Å². The molecule has 0 saturated carbocycles. The normalized spacial score (nSPS) is 14.4. The molecule has 0 radical (unpaired) electrons. The van der Waals surface area contributed by atoms with Crippen molar-refractivity contribution >= 4 is 17.1 Å². The van der Waals surface area contributed by atoms with E-state index in [1.165, 1.54) is 23.4 Å². The summed E-state index contributed by atoms with van der Waals surface area (Å²) in [5.74, 6) is -0.603. The maximum atomic E-state index is 13.9. The molecule has 0 amide bonds. The molecule has 23 heavy (non-hydrogen) atoms. The minimum Gasteiger partial charge on any atom is -0.381 e. The van der Waals surface area contributed by atoms with Crippen molar-refractivity contribution in [3.05, 3.63) is 64.0 Å². The van der Waals surface area contributed by atoms with Gasteiger partial charge in [0.15, 0.2) is 5.82 Å². The Labute approximate surface area is 133 Å². The summed E-state index contributed by atoms with van der Waals surface area (Å²) in [6.07, 6.45) is 1.02. The van der Waals surface area contributed by atoms with Crippen LogP contribution in [0.4, 0.5) is 21.5 Å². The predicted octanol–water partition coefficient (Wildman–Crippen LogP) is 3.60. The Morgan fingerprint density at radius 3 is 2.87 bits per heavy atom. The van der Waals surface area contributed by atoms with Gasteiger partial charge in [-0.15, -0.1) is 0 Å². The van der Waals surface area contributed by atoms with E-state index < -0.39 is 10.7 Å². The maximum Gasteiger partial charge on any atom is 0.272 e. The lowest BCUT2D eigenvalue weighted by Crippen LogP contribution is -2.36. The monoisotopic (exact) mass is 315 g/mol. The zero-order chi connectivity index (χ0) is 16.4. The van der Waals surface area contributed by atoms with Gasteiger partial charge in [0.1, 0.15) is 0 Å². The van der Waals surface area contributed by atoms with E-state index in [0.717, 1.165) is 19.0 Å². The van der Waals surface area contributed by atoms with Gasteiger partial charge in [0.2, 0.25) is 0 Å². The molecular formula is C17H18FN3O2. The van der Waals surface area contributed by atoms with Gasteiger partial charge in [-0.25, -0.2) is 4.39 Å². The molecule has 0 aliphatic carbocycles. The van der Waals surface area contributed by atoms with Crippen LogP contribution >= 0.6 is 0 Å². The summed E-state index contributed by atoms with van der Waals surface area (Å²) in [5, 5.41) is 13.7. The van der Waals surface area contributed by atoms with Crippen LogP contribution in [-0.4, -0.2) is 24.1 Å². The number of nitrogens with zero attached hydrogens (tertiary/aromatic N) is 2. The van der Waals surface area contributed by atoms with Crippen LogP contribution in [0.1, 0.15) is 12.5 Å². The second-order valence-electron chi connectivity index (χ2n) is 5.72. The number of hydrogen-bond donors (Lipinski definition) is 1. The van der Waals surface area contributed by atoms with E-state index in [1.54, 1.807) is 0 Å². The fourth-order valence-corrected chi connectivity index (χ4v) is 2.95. The van der Waals surface area contributed by atoms with Gasteiger partial charge in [-0.05, 0) is 31.0 Å². The molecule has 0 fully saturated rings. The zero-order valence-electron chi connectivity index (χ0n) is 12.8. The minimum absolute atomic E-state index is 0.188. The number of non-ortho nitro benzene ring substituents is 1. The molecule has 6 heteroatoms. The van der Waals surface area contributed by atoms with E-state index in [1.807, 2.05) is 12.1 Å². The third kappa shape index (κ3) is 3.11. The third-order valence-electron chi connectivity index (χ3n) is 4.21. The Morgan fingerprint density at radius 2 is 2.13 bits per heavy atom. The fraction of sp³-hybridized carbons (Fsp3) is 0.294. The Balaban J connectivity index is 1.66. The van der Waals surface area contributed by atoms with Crippen LogP contribution in [0.5, 0.6) is 0 Å². The first-order valence-electron chi connectivity index (χ1n) is 7.58. The minimum atomic E-state index is -0.603. The molecule has 1 aliphatic heterocycles. The van der Waals surface area contributed by atoms with Gasteiger partial charge in [0, 0.05) is 30.9 Å². The van der Waals surface area contributed by atoms with Crippen molar-refractivity contribution < 1.29 is 9.31 Å². The molecule has 2 aromatic rings. The summed E-state index contributed by atoms with van der Waals surface area (Å²) in [4.78, 5) is 12.3. The lowest BCUT2D eigenvalue weighted by Gasteiger charge is -2.28. The van der Waals surface area contributed by atoms with E-state index in [2.05, 4.69) is 29.3 Å². The zero-order valence-corrected chi connectivity index (χ0v) is 12.8. The number of anilines is 2. The van der Waals surface area contributed by atoms with Crippen LogP contribution in [0.25, 0.3) is 0 Å². The second-order valence-corrected chi connectivity index (χ2v) is 5.72. The average molecular weight is 315 g/mol. The standard InChI is InChI=1S/C17H18FN3O2/c1-12(20-9-8-13-4-2-3-5-17(13)20)11-19-16-7-6-14(21(22)23)10-15(16)18/h2-7,10,12,19H,8-9,11H2,1H3. The Bertz CT molecular complexity index is 736. The first-order valence-corrected chi connectivity index (χ1v) is 7.58. The third-order valence-corrected chi connectivity index (χ3v) is 4.21. The van der Waals surface area contributed by atoms with Crippen LogP contribution in [-0.2, 0) is 6.42 Å². The molecular weight excluding hydrogens is 297 g/mol. The van der Waals surface area contributed by atoms with Crippen molar-refractivity contribution in [2.24, 2.45) is 0 Å². The van der Waals surface area contributed by atoms with Crippen LogP contribution in [0.3, 0.4) is 0 Å². The number of para-hydroxylation sites is 1. The van der Waals surface area contributed by atoms with Gasteiger partial charge in [-0.2, -0.15) is 0 Å². The number of nitro benzene ring substituents is 1. The number of halogens is 1. The Hall–Kier alpha value is -2.63. The highest BCUT2D eigenvalue weighted by Gasteiger charge is 2.23. The maximum absolute atomic E-state index is 13.9. The topological polar surface area (TPSA) is 58.4 Å². The van der Waals surface area contributed by atoms with Crippen molar-refractivity contribution in [1.29, 1.82) is 0 Å². The Morgan fingerprint density at radius 1 is 1.35 bits per heavy atom. The van der Waals surface area contributed by atoms with E-state index in [9.17, 15) is 14.5 Å². The van der Waals surface area contributed by atoms with Gasteiger partial charge in [-0.3, -0.25) is 10.1 Å². The van der Waals surface area contributed by atoms with E-state index in [-0.39, 0.29) is 17.4 Å². The molecule has 1 N–H and O–H groups in total. The summed E-state index contributed by atoms with van der Waals surface area (Å²) in [7, 11) is 0. The van der Waals surface area contributed by atoms with Gasteiger partial charge < -0.3 is 10.2 Å². The first-order chi connectivity index (χ1) is 11.1. The molecule has 0 bridgehead atoms. The lowest BCUT2D eigenvalue weighted by atomic mass is 10.1. The molecule has 1 atom stereocenters. The predicted molar refractivity (Wildman–Crippen MR) is 88.5 cm³/mol. The molecule has 120 valence electrons. The Kier molecular flexibility index (Phi) is 4.14. The molecule has 1 unspecified atom stereocenters. The number of nitro groups is 1. The van der Waals surface area contributed by atoms with Gasteiger partial charge in [0.25, 0.3) is 5.69 Å².